The van der Waals surface area contributed by atoms with Gasteiger partial charge in [0.1, 0.15) is 17.4 Å². The molecule has 4 nitrogen and oxygen atoms in total. The third kappa shape index (κ3) is 6.50. The summed E-state index contributed by atoms with van der Waals surface area (Å²) in [6, 6.07) is 18.6. The number of aryl methyl sites for hydroxylation is 1. The minimum Gasteiger partial charge on any atom is -0.494 e. The molecule has 3 aromatic rings. The van der Waals surface area contributed by atoms with Gasteiger partial charge in [-0.2, -0.15) is 5.26 Å². The van der Waals surface area contributed by atoms with E-state index in [1.807, 2.05) is 62.4 Å². The number of benzene rings is 3. The maximum atomic E-state index is 12.7. The van der Waals surface area contributed by atoms with Gasteiger partial charge in [0.25, 0.3) is 5.91 Å². The van der Waals surface area contributed by atoms with Crippen molar-refractivity contribution in [2.24, 2.45) is 0 Å². The smallest absolute Gasteiger partial charge is 0.266 e. The molecular formula is C26H21Cl2IN2O2. The molecule has 0 radical (unpaired) electrons. The molecule has 0 aromatic heterocycles. The molecule has 0 heterocycles. The molecule has 0 unspecified atom stereocenters. The number of anilines is 1. The van der Waals surface area contributed by atoms with E-state index >= 15 is 0 Å². The van der Waals surface area contributed by atoms with Crippen LogP contribution in [-0.2, 0) is 11.2 Å². The van der Waals surface area contributed by atoms with E-state index in [1.165, 1.54) is 0 Å². The van der Waals surface area contributed by atoms with E-state index in [1.54, 1.807) is 18.2 Å². The van der Waals surface area contributed by atoms with E-state index in [4.69, 9.17) is 27.9 Å². The Kier molecular flexibility index (Phi) is 8.79. The lowest BCUT2D eigenvalue weighted by atomic mass is 10.0. The van der Waals surface area contributed by atoms with Crippen LogP contribution in [0.4, 0.5) is 5.69 Å². The molecule has 0 saturated carbocycles. The molecule has 1 N–H and O–H groups in total. The molecule has 0 spiro atoms. The lowest BCUT2D eigenvalue weighted by Crippen LogP contribution is -2.13. The van der Waals surface area contributed by atoms with Crippen LogP contribution in [0.25, 0.3) is 6.08 Å². The van der Waals surface area contributed by atoms with Crippen molar-refractivity contribution in [3.63, 3.8) is 0 Å². The first kappa shape index (κ1) is 25.1. The number of amides is 1. The van der Waals surface area contributed by atoms with Gasteiger partial charge in [-0.3, -0.25) is 4.79 Å². The highest BCUT2D eigenvalue weighted by Gasteiger charge is 2.15. The predicted octanol–water partition coefficient (Wildman–Crippen LogP) is 7.44. The molecule has 0 aliphatic carbocycles. The molecular weight excluding hydrogens is 570 g/mol. The van der Waals surface area contributed by atoms with Gasteiger partial charge in [0.15, 0.2) is 0 Å². The van der Waals surface area contributed by atoms with Crippen molar-refractivity contribution in [1.29, 1.82) is 5.26 Å². The van der Waals surface area contributed by atoms with Crippen LogP contribution in [-0.4, -0.2) is 12.5 Å². The molecule has 0 fully saturated rings. The molecule has 0 saturated heterocycles. The SMILES string of the molecule is CCOc1cc(/C=C(\C#N)C(=O)Nc2ccc(C)c(Cl)c2)cc(I)c1Cc1ccccc1Cl. The standard InChI is InChI=1S/C26H21Cl2IN2O2/c1-3-33-25-12-17(11-24(29)21(25)13-18-6-4-5-7-22(18)27)10-19(15-30)26(32)31-20-9-8-16(2)23(28)14-20/h4-12,14H,3,13H2,1-2H3,(H,31,32)/b19-10+. The number of halogens is 3. The molecule has 168 valence electrons. The van der Waals surface area contributed by atoms with E-state index < -0.39 is 5.91 Å². The van der Waals surface area contributed by atoms with Gasteiger partial charge in [0.2, 0.25) is 0 Å². The van der Waals surface area contributed by atoms with E-state index in [-0.39, 0.29) is 5.57 Å². The summed E-state index contributed by atoms with van der Waals surface area (Å²) < 4.78 is 6.84. The number of hydrogen-bond donors (Lipinski definition) is 1. The average molecular weight is 591 g/mol. The van der Waals surface area contributed by atoms with Crippen LogP contribution in [0.1, 0.15) is 29.2 Å². The minimum atomic E-state index is -0.509. The van der Waals surface area contributed by atoms with Crippen molar-refractivity contribution in [2.45, 2.75) is 20.3 Å². The highest BCUT2D eigenvalue weighted by Crippen LogP contribution is 2.31. The Labute approximate surface area is 217 Å². The van der Waals surface area contributed by atoms with Crippen molar-refractivity contribution in [3.8, 4) is 11.8 Å². The van der Waals surface area contributed by atoms with Crippen LogP contribution in [0.15, 0.2) is 60.2 Å². The fraction of sp³-hybridized carbons (Fsp3) is 0.154. The molecule has 33 heavy (non-hydrogen) atoms. The van der Waals surface area contributed by atoms with Gasteiger partial charge in [-0.25, -0.2) is 0 Å². The molecule has 0 bridgehead atoms. The Morgan fingerprint density at radius 3 is 2.58 bits per heavy atom. The van der Waals surface area contributed by atoms with Gasteiger partial charge in [-0.1, -0.05) is 47.5 Å². The zero-order chi connectivity index (χ0) is 24.0. The monoisotopic (exact) mass is 590 g/mol. The van der Waals surface area contributed by atoms with Crippen molar-refractivity contribution in [1.82, 2.24) is 0 Å². The molecule has 1 amide bonds. The Balaban J connectivity index is 1.92. The Hall–Kier alpha value is -2.53. The highest BCUT2D eigenvalue weighted by molar-refractivity contribution is 14.1. The number of ether oxygens (including phenoxy) is 1. The fourth-order valence-electron chi connectivity index (χ4n) is 3.19. The molecule has 7 heteroatoms. The van der Waals surface area contributed by atoms with Crippen LogP contribution in [0.2, 0.25) is 10.0 Å². The van der Waals surface area contributed by atoms with Crippen molar-refractivity contribution in [3.05, 3.63) is 96.0 Å². The second-order valence-electron chi connectivity index (χ2n) is 7.27. The predicted molar refractivity (Wildman–Crippen MR) is 143 cm³/mol. The maximum Gasteiger partial charge on any atom is 0.266 e. The maximum absolute atomic E-state index is 12.7. The first-order valence-corrected chi connectivity index (χ1v) is 12.0. The lowest BCUT2D eigenvalue weighted by molar-refractivity contribution is -0.112. The van der Waals surface area contributed by atoms with E-state index in [2.05, 4.69) is 27.9 Å². The summed E-state index contributed by atoms with van der Waals surface area (Å²) in [7, 11) is 0. The lowest BCUT2D eigenvalue weighted by Gasteiger charge is -2.15. The first-order valence-electron chi connectivity index (χ1n) is 10.2. The molecule has 0 aliphatic heterocycles. The fourth-order valence-corrected chi connectivity index (χ4v) is 4.39. The molecule has 3 aromatic carbocycles. The van der Waals surface area contributed by atoms with Crippen molar-refractivity contribution < 1.29 is 9.53 Å². The van der Waals surface area contributed by atoms with Gasteiger partial charge in [-0.15, -0.1) is 0 Å². The number of rotatable bonds is 7. The van der Waals surface area contributed by atoms with Gasteiger partial charge in [0.05, 0.1) is 6.61 Å². The van der Waals surface area contributed by atoms with Crippen molar-refractivity contribution >= 4 is 63.5 Å². The van der Waals surface area contributed by atoms with E-state index in [0.29, 0.717) is 40.1 Å². The Bertz CT molecular complexity index is 1270. The zero-order valence-electron chi connectivity index (χ0n) is 18.1. The number of nitrogens with zero attached hydrogens (tertiary/aromatic N) is 1. The summed E-state index contributed by atoms with van der Waals surface area (Å²) in [6.07, 6.45) is 2.16. The molecule has 0 aliphatic rings. The van der Waals surface area contributed by atoms with Gasteiger partial charge in [0, 0.05) is 31.3 Å². The third-order valence-electron chi connectivity index (χ3n) is 4.91. The summed E-state index contributed by atoms with van der Waals surface area (Å²) in [4.78, 5) is 12.7. The van der Waals surface area contributed by atoms with Crippen LogP contribution in [0.3, 0.4) is 0 Å². The number of carbonyl (C=O) groups excluding carboxylic acids is 1. The summed E-state index contributed by atoms with van der Waals surface area (Å²) in [5, 5.41) is 13.6. The second-order valence-corrected chi connectivity index (χ2v) is 9.25. The summed E-state index contributed by atoms with van der Waals surface area (Å²) in [6.45, 7) is 4.27. The van der Waals surface area contributed by atoms with Crippen LogP contribution >= 0.6 is 45.8 Å². The summed E-state index contributed by atoms with van der Waals surface area (Å²) in [5.41, 5.74) is 4.09. The number of hydrogen-bond acceptors (Lipinski definition) is 3. The van der Waals surface area contributed by atoms with Gasteiger partial charge in [-0.05, 0) is 89.5 Å². The van der Waals surface area contributed by atoms with E-state index in [0.717, 1.165) is 20.3 Å². The molecule has 3 rings (SSSR count). The summed E-state index contributed by atoms with van der Waals surface area (Å²) >= 11 is 14.7. The third-order valence-corrected chi connectivity index (χ3v) is 6.65. The topological polar surface area (TPSA) is 62.1 Å². The first-order chi connectivity index (χ1) is 15.8. The minimum absolute atomic E-state index is 0.0243. The largest absolute Gasteiger partial charge is 0.494 e. The highest BCUT2D eigenvalue weighted by atomic mass is 127. The Morgan fingerprint density at radius 2 is 1.91 bits per heavy atom. The number of nitrogens with one attached hydrogen (secondary N) is 1. The average Bonchev–Trinajstić information content (AvgIpc) is 2.78. The zero-order valence-corrected chi connectivity index (χ0v) is 21.8. The van der Waals surface area contributed by atoms with Crippen molar-refractivity contribution in [2.75, 3.05) is 11.9 Å². The summed E-state index contributed by atoms with van der Waals surface area (Å²) in [5.74, 6) is 0.184. The number of carbonyl (C=O) groups is 1. The van der Waals surface area contributed by atoms with Crippen LogP contribution < -0.4 is 10.1 Å². The normalized spacial score (nSPS) is 11.1. The van der Waals surface area contributed by atoms with E-state index in [9.17, 15) is 10.1 Å². The van der Waals surface area contributed by atoms with Crippen LogP contribution in [0, 0.1) is 21.8 Å². The second kappa shape index (κ2) is 11.6. The quantitative estimate of drug-likeness (QED) is 0.177. The van der Waals surface area contributed by atoms with Crippen LogP contribution in [0.5, 0.6) is 5.75 Å². The Morgan fingerprint density at radius 1 is 1.15 bits per heavy atom. The molecule has 0 atom stereocenters. The number of nitriles is 1. The van der Waals surface area contributed by atoms with Gasteiger partial charge < -0.3 is 10.1 Å². The van der Waals surface area contributed by atoms with Gasteiger partial charge >= 0.3 is 0 Å².